The molecule has 0 unspecified atom stereocenters. The Balaban J connectivity index is 1.93. The van der Waals surface area contributed by atoms with E-state index < -0.39 is 0 Å². The SMILES string of the molecule is O=C(Nc1ccc(F)cc1Br)c1csc2ccccc12. The van der Waals surface area contributed by atoms with Gasteiger partial charge in [-0.05, 0) is 40.2 Å². The molecule has 100 valence electrons. The van der Waals surface area contributed by atoms with Crippen LogP contribution in [-0.4, -0.2) is 5.91 Å². The highest BCUT2D eigenvalue weighted by Gasteiger charge is 2.13. The third-order valence-electron chi connectivity index (χ3n) is 2.90. The van der Waals surface area contributed by atoms with E-state index in [4.69, 9.17) is 0 Å². The molecule has 0 atom stereocenters. The van der Waals surface area contributed by atoms with Crippen LogP contribution in [0.15, 0.2) is 52.3 Å². The number of carbonyl (C=O) groups is 1. The molecule has 0 fully saturated rings. The highest BCUT2D eigenvalue weighted by atomic mass is 79.9. The summed E-state index contributed by atoms with van der Waals surface area (Å²) >= 11 is 4.76. The standard InChI is InChI=1S/C15H9BrFNOS/c16-12-7-9(17)5-6-13(12)18-15(19)11-8-20-14-4-2-1-3-10(11)14/h1-8H,(H,18,19). The lowest BCUT2D eigenvalue weighted by Gasteiger charge is -2.06. The second-order valence-electron chi connectivity index (χ2n) is 4.22. The van der Waals surface area contributed by atoms with Gasteiger partial charge >= 0.3 is 0 Å². The van der Waals surface area contributed by atoms with Gasteiger partial charge in [0.15, 0.2) is 0 Å². The monoisotopic (exact) mass is 349 g/mol. The largest absolute Gasteiger partial charge is 0.321 e. The van der Waals surface area contributed by atoms with Crippen molar-refractivity contribution in [2.45, 2.75) is 0 Å². The Bertz CT molecular complexity index is 799. The Hall–Kier alpha value is -1.72. The van der Waals surface area contributed by atoms with E-state index in [1.807, 2.05) is 29.6 Å². The van der Waals surface area contributed by atoms with Crippen LogP contribution in [0.3, 0.4) is 0 Å². The molecule has 0 aliphatic carbocycles. The van der Waals surface area contributed by atoms with Gasteiger partial charge < -0.3 is 5.32 Å². The molecular weight excluding hydrogens is 341 g/mol. The van der Waals surface area contributed by atoms with Crippen molar-refractivity contribution in [1.29, 1.82) is 0 Å². The smallest absolute Gasteiger partial charge is 0.257 e. The maximum absolute atomic E-state index is 13.0. The van der Waals surface area contributed by atoms with Crippen LogP contribution >= 0.6 is 27.3 Å². The number of halogens is 2. The van der Waals surface area contributed by atoms with E-state index in [1.165, 1.54) is 29.5 Å². The van der Waals surface area contributed by atoms with Crippen LogP contribution in [0.2, 0.25) is 0 Å². The maximum Gasteiger partial charge on any atom is 0.257 e. The molecule has 0 saturated carbocycles. The first-order valence-electron chi connectivity index (χ1n) is 5.88. The summed E-state index contributed by atoms with van der Waals surface area (Å²) in [6.45, 7) is 0. The summed E-state index contributed by atoms with van der Waals surface area (Å²) in [6.07, 6.45) is 0. The fraction of sp³-hybridized carbons (Fsp3) is 0. The molecule has 5 heteroatoms. The third-order valence-corrected chi connectivity index (χ3v) is 4.52. The lowest BCUT2D eigenvalue weighted by molar-refractivity contribution is 0.102. The van der Waals surface area contributed by atoms with Gasteiger partial charge in [0.2, 0.25) is 0 Å². The molecule has 1 N–H and O–H groups in total. The van der Waals surface area contributed by atoms with E-state index in [9.17, 15) is 9.18 Å². The molecule has 0 radical (unpaired) electrons. The van der Waals surface area contributed by atoms with Crippen LogP contribution in [0.25, 0.3) is 10.1 Å². The minimum atomic E-state index is -0.351. The van der Waals surface area contributed by atoms with Gasteiger partial charge in [-0.3, -0.25) is 4.79 Å². The van der Waals surface area contributed by atoms with Gasteiger partial charge in [-0.15, -0.1) is 11.3 Å². The highest BCUT2D eigenvalue weighted by molar-refractivity contribution is 9.10. The summed E-state index contributed by atoms with van der Waals surface area (Å²) in [5.74, 6) is -0.550. The molecule has 3 rings (SSSR count). The van der Waals surface area contributed by atoms with Crippen molar-refractivity contribution in [2.24, 2.45) is 0 Å². The molecule has 0 saturated heterocycles. The van der Waals surface area contributed by atoms with Gasteiger partial charge in [-0.2, -0.15) is 0 Å². The number of hydrogen-bond donors (Lipinski definition) is 1. The Labute approximate surface area is 127 Å². The first-order chi connectivity index (χ1) is 9.65. The number of carbonyl (C=O) groups excluding carboxylic acids is 1. The number of hydrogen-bond acceptors (Lipinski definition) is 2. The van der Waals surface area contributed by atoms with Crippen molar-refractivity contribution in [3.63, 3.8) is 0 Å². The minimum Gasteiger partial charge on any atom is -0.321 e. The zero-order valence-corrected chi connectivity index (χ0v) is 12.6. The summed E-state index contributed by atoms with van der Waals surface area (Å²) in [5.41, 5.74) is 1.17. The first kappa shape index (κ1) is 13.3. The van der Waals surface area contributed by atoms with E-state index in [0.717, 1.165) is 10.1 Å². The lowest BCUT2D eigenvalue weighted by Crippen LogP contribution is -2.11. The van der Waals surface area contributed by atoms with Gasteiger partial charge in [0.1, 0.15) is 5.82 Å². The molecule has 0 spiro atoms. The van der Waals surface area contributed by atoms with Crippen LogP contribution in [0, 0.1) is 5.82 Å². The number of nitrogens with one attached hydrogen (secondary N) is 1. The quantitative estimate of drug-likeness (QED) is 0.688. The molecule has 1 heterocycles. The zero-order chi connectivity index (χ0) is 14.1. The van der Waals surface area contributed by atoms with E-state index >= 15 is 0 Å². The summed E-state index contributed by atoms with van der Waals surface area (Å²) in [7, 11) is 0. The average Bonchev–Trinajstić information content (AvgIpc) is 2.86. The number of rotatable bonds is 2. The van der Waals surface area contributed by atoms with Gasteiger partial charge in [0.05, 0.1) is 11.3 Å². The second-order valence-corrected chi connectivity index (χ2v) is 5.99. The predicted molar refractivity (Wildman–Crippen MR) is 83.9 cm³/mol. The number of anilines is 1. The summed E-state index contributed by atoms with van der Waals surface area (Å²) < 4.78 is 14.6. The summed E-state index contributed by atoms with van der Waals surface area (Å²) in [5, 5.41) is 5.54. The van der Waals surface area contributed by atoms with E-state index in [2.05, 4.69) is 21.2 Å². The van der Waals surface area contributed by atoms with Gasteiger partial charge in [0, 0.05) is 19.9 Å². The second kappa shape index (κ2) is 5.34. The van der Waals surface area contributed by atoms with E-state index in [-0.39, 0.29) is 11.7 Å². The molecule has 2 nitrogen and oxygen atoms in total. The van der Waals surface area contributed by atoms with Crippen molar-refractivity contribution in [3.05, 3.63) is 63.7 Å². The van der Waals surface area contributed by atoms with Crippen LogP contribution < -0.4 is 5.32 Å². The van der Waals surface area contributed by atoms with Crippen molar-refractivity contribution in [2.75, 3.05) is 5.32 Å². The van der Waals surface area contributed by atoms with Crippen molar-refractivity contribution in [1.82, 2.24) is 0 Å². The van der Waals surface area contributed by atoms with Crippen LogP contribution in [0.1, 0.15) is 10.4 Å². The van der Waals surface area contributed by atoms with Gasteiger partial charge in [-0.25, -0.2) is 4.39 Å². The molecule has 2 aromatic carbocycles. The number of thiophene rings is 1. The molecule has 3 aromatic rings. The Morgan fingerprint density at radius 3 is 2.80 bits per heavy atom. The predicted octanol–water partition coefficient (Wildman–Crippen LogP) is 5.06. The Morgan fingerprint density at radius 2 is 2.00 bits per heavy atom. The van der Waals surface area contributed by atoms with Crippen LogP contribution in [0.5, 0.6) is 0 Å². The number of benzene rings is 2. The minimum absolute atomic E-state index is 0.199. The van der Waals surface area contributed by atoms with E-state index in [1.54, 1.807) is 0 Å². The lowest BCUT2D eigenvalue weighted by atomic mass is 10.1. The van der Waals surface area contributed by atoms with Crippen molar-refractivity contribution in [3.8, 4) is 0 Å². The Morgan fingerprint density at radius 1 is 1.20 bits per heavy atom. The number of amides is 1. The summed E-state index contributed by atoms with van der Waals surface area (Å²) in [6, 6.07) is 11.9. The van der Waals surface area contributed by atoms with E-state index in [0.29, 0.717) is 15.7 Å². The zero-order valence-electron chi connectivity index (χ0n) is 10.2. The number of fused-ring (bicyclic) bond motifs is 1. The Kier molecular flexibility index (Phi) is 3.54. The first-order valence-corrected chi connectivity index (χ1v) is 7.55. The normalized spacial score (nSPS) is 10.7. The summed E-state index contributed by atoms with van der Waals surface area (Å²) in [4.78, 5) is 12.3. The third kappa shape index (κ3) is 2.46. The van der Waals surface area contributed by atoms with Crippen molar-refractivity contribution < 1.29 is 9.18 Å². The molecule has 1 amide bonds. The average molecular weight is 350 g/mol. The molecule has 0 aliphatic rings. The van der Waals surface area contributed by atoms with Crippen molar-refractivity contribution >= 4 is 48.9 Å². The molecule has 0 aliphatic heterocycles. The topological polar surface area (TPSA) is 29.1 Å². The molecule has 20 heavy (non-hydrogen) atoms. The highest BCUT2D eigenvalue weighted by Crippen LogP contribution is 2.28. The van der Waals surface area contributed by atoms with Gasteiger partial charge in [-0.1, -0.05) is 18.2 Å². The maximum atomic E-state index is 13.0. The van der Waals surface area contributed by atoms with Crippen LogP contribution in [0.4, 0.5) is 10.1 Å². The molecule has 0 bridgehead atoms. The van der Waals surface area contributed by atoms with Gasteiger partial charge in [0.25, 0.3) is 5.91 Å². The van der Waals surface area contributed by atoms with Crippen LogP contribution in [-0.2, 0) is 0 Å². The molecule has 1 aromatic heterocycles. The molecular formula is C15H9BrFNOS. The fourth-order valence-electron chi connectivity index (χ4n) is 1.93. The fourth-order valence-corrected chi connectivity index (χ4v) is 3.33.